The Kier molecular flexibility index (Phi) is 2.79. The normalized spacial score (nSPS) is 19.0. The van der Waals surface area contributed by atoms with Gasteiger partial charge in [-0.1, -0.05) is 0 Å². The second kappa shape index (κ2) is 4.08. The molecule has 1 aromatic rings. The molecule has 0 saturated heterocycles. The SMILES string of the molecule is CN(CCN)C1COc2cc(O)ccc21. The van der Waals surface area contributed by atoms with E-state index in [1.165, 1.54) is 0 Å². The molecule has 0 aromatic heterocycles. The zero-order valence-corrected chi connectivity index (χ0v) is 8.81. The average Bonchev–Trinajstić information content (AvgIpc) is 2.60. The number of phenols is 1. The molecule has 0 spiro atoms. The van der Waals surface area contributed by atoms with Gasteiger partial charge in [-0.2, -0.15) is 0 Å². The van der Waals surface area contributed by atoms with Gasteiger partial charge in [-0.3, -0.25) is 4.90 Å². The van der Waals surface area contributed by atoms with Gasteiger partial charge in [0, 0.05) is 24.7 Å². The van der Waals surface area contributed by atoms with Crippen molar-refractivity contribution in [2.75, 3.05) is 26.7 Å². The lowest BCUT2D eigenvalue weighted by Gasteiger charge is -2.22. The first-order chi connectivity index (χ1) is 7.22. The summed E-state index contributed by atoms with van der Waals surface area (Å²) in [6, 6.07) is 5.52. The summed E-state index contributed by atoms with van der Waals surface area (Å²) in [6.45, 7) is 2.12. The Morgan fingerprint density at radius 3 is 3.13 bits per heavy atom. The van der Waals surface area contributed by atoms with Crippen molar-refractivity contribution < 1.29 is 9.84 Å². The number of hydrogen-bond donors (Lipinski definition) is 2. The predicted molar refractivity (Wildman–Crippen MR) is 58.0 cm³/mol. The molecule has 1 aliphatic heterocycles. The summed E-state index contributed by atoms with van der Waals surface area (Å²) in [6.07, 6.45) is 0. The lowest BCUT2D eigenvalue weighted by Crippen LogP contribution is -2.30. The highest BCUT2D eigenvalue weighted by molar-refractivity contribution is 5.44. The molecule has 1 atom stereocenters. The molecule has 0 radical (unpaired) electrons. The largest absolute Gasteiger partial charge is 0.508 e. The summed E-state index contributed by atoms with van der Waals surface area (Å²) in [5, 5.41) is 9.31. The third kappa shape index (κ3) is 1.91. The summed E-state index contributed by atoms with van der Waals surface area (Å²) in [5.74, 6) is 1.03. The monoisotopic (exact) mass is 208 g/mol. The van der Waals surface area contributed by atoms with Crippen LogP contribution in [0.15, 0.2) is 18.2 Å². The van der Waals surface area contributed by atoms with Crippen molar-refractivity contribution in [2.24, 2.45) is 5.73 Å². The zero-order valence-electron chi connectivity index (χ0n) is 8.81. The third-order valence-electron chi connectivity index (χ3n) is 2.77. The van der Waals surface area contributed by atoms with E-state index in [0.717, 1.165) is 17.9 Å². The minimum Gasteiger partial charge on any atom is -0.508 e. The molecule has 4 heteroatoms. The van der Waals surface area contributed by atoms with Gasteiger partial charge in [-0.15, -0.1) is 0 Å². The summed E-state index contributed by atoms with van der Waals surface area (Å²) in [7, 11) is 2.03. The van der Waals surface area contributed by atoms with Crippen molar-refractivity contribution in [1.82, 2.24) is 4.90 Å². The maximum Gasteiger partial charge on any atom is 0.127 e. The van der Waals surface area contributed by atoms with Crippen molar-refractivity contribution in [3.8, 4) is 11.5 Å². The van der Waals surface area contributed by atoms with Gasteiger partial charge in [0.2, 0.25) is 0 Å². The molecule has 4 nitrogen and oxygen atoms in total. The van der Waals surface area contributed by atoms with E-state index in [1.54, 1.807) is 12.1 Å². The minimum absolute atomic E-state index is 0.246. The van der Waals surface area contributed by atoms with Crippen LogP contribution in [0.5, 0.6) is 11.5 Å². The van der Waals surface area contributed by atoms with Gasteiger partial charge in [0.1, 0.15) is 18.1 Å². The van der Waals surface area contributed by atoms with Crippen LogP contribution >= 0.6 is 0 Å². The van der Waals surface area contributed by atoms with Crippen molar-refractivity contribution in [3.05, 3.63) is 23.8 Å². The number of benzene rings is 1. The van der Waals surface area contributed by atoms with E-state index in [1.807, 2.05) is 13.1 Å². The molecule has 15 heavy (non-hydrogen) atoms. The first kappa shape index (κ1) is 10.3. The summed E-state index contributed by atoms with van der Waals surface area (Å²) >= 11 is 0. The van der Waals surface area contributed by atoms with Gasteiger partial charge in [0.15, 0.2) is 0 Å². The molecule has 1 aliphatic rings. The molecule has 3 N–H and O–H groups in total. The number of aromatic hydroxyl groups is 1. The Hall–Kier alpha value is -1.26. The molecule has 0 amide bonds. The molecule has 0 fully saturated rings. The summed E-state index contributed by atoms with van der Waals surface area (Å²) < 4.78 is 5.52. The van der Waals surface area contributed by atoms with E-state index in [4.69, 9.17) is 10.5 Å². The van der Waals surface area contributed by atoms with Crippen LogP contribution in [0, 0.1) is 0 Å². The number of likely N-dealkylation sites (N-methyl/N-ethyl adjacent to an activating group) is 1. The van der Waals surface area contributed by atoms with E-state index < -0.39 is 0 Å². The van der Waals surface area contributed by atoms with Crippen LogP contribution in [-0.2, 0) is 0 Å². The molecule has 2 rings (SSSR count). The maximum absolute atomic E-state index is 9.31. The highest BCUT2D eigenvalue weighted by atomic mass is 16.5. The van der Waals surface area contributed by atoms with Gasteiger partial charge in [0.05, 0.1) is 6.04 Å². The second-order valence-corrected chi connectivity index (χ2v) is 3.82. The fourth-order valence-corrected chi connectivity index (χ4v) is 1.91. The molecule has 82 valence electrons. The van der Waals surface area contributed by atoms with Gasteiger partial charge in [-0.25, -0.2) is 0 Å². The number of phenolic OH excluding ortho intramolecular Hbond substituents is 1. The van der Waals surface area contributed by atoms with Gasteiger partial charge < -0.3 is 15.6 Å². The fraction of sp³-hybridized carbons (Fsp3) is 0.455. The smallest absolute Gasteiger partial charge is 0.127 e. The first-order valence-corrected chi connectivity index (χ1v) is 5.08. The van der Waals surface area contributed by atoms with Crippen molar-refractivity contribution in [1.29, 1.82) is 0 Å². The third-order valence-corrected chi connectivity index (χ3v) is 2.77. The number of ether oxygens (including phenoxy) is 1. The Balaban J connectivity index is 2.21. The van der Waals surface area contributed by atoms with Gasteiger partial charge >= 0.3 is 0 Å². The van der Waals surface area contributed by atoms with Crippen LogP contribution in [0.3, 0.4) is 0 Å². The highest BCUT2D eigenvalue weighted by Crippen LogP contribution is 2.37. The molecule has 1 heterocycles. The molecule has 0 bridgehead atoms. The number of rotatable bonds is 3. The lowest BCUT2D eigenvalue weighted by molar-refractivity contribution is 0.200. The maximum atomic E-state index is 9.31. The first-order valence-electron chi connectivity index (χ1n) is 5.08. The van der Waals surface area contributed by atoms with Crippen LogP contribution in [0.1, 0.15) is 11.6 Å². The standard InChI is InChI=1S/C11H16N2O2/c1-13(5-4-12)10-7-15-11-6-8(14)2-3-9(10)11/h2-3,6,10,14H,4-5,7,12H2,1H3. The molecular formula is C11H16N2O2. The molecular weight excluding hydrogens is 192 g/mol. The van der Waals surface area contributed by atoms with Crippen molar-refractivity contribution >= 4 is 0 Å². The van der Waals surface area contributed by atoms with E-state index in [2.05, 4.69) is 4.90 Å². The van der Waals surface area contributed by atoms with Crippen molar-refractivity contribution in [2.45, 2.75) is 6.04 Å². The fourth-order valence-electron chi connectivity index (χ4n) is 1.91. The van der Waals surface area contributed by atoms with E-state index >= 15 is 0 Å². The molecule has 1 unspecified atom stereocenters. The minimum atomic E-state index is 0.246. The Morgan fingerprint density at radius 1 is 1.60 bits per heavy atom. The Bertz CT molecular complexity index is 354. The van der Waals surface area contributed by atoms with Crippen molar-refractivity contribution in [3.63, 3.8) is 0 Å². The Morgan fingerprint density at radius 2 is 2.40 bits per heavy atom. The molecule has 0 saturated carbocycles. The highest BCUT2D eigenvalue weighted by Gasteiger charge is 2.27. The number of nitrogens with two attached hydrogens (primary N) is 1. The predicted octanol–water partition coefficient (Wildman–Crippen LogP) is 0.716. The number of hydrogen-bond acceptors (Lipinski definition) is 4. The van der Waals surface area contributed by atoms with Crippen LogP contribution in [0.25, 0.3) is 0 Å². The van der Waals surface area contributed by atoms with E-state index in [9.17, 15) is 5.11 Å². The lowest BCUT2D eigenvalue weighted by atomic mass is 10.1. The average molecular weight is 208 g/mol. The van der Waals surface area contributed by atoms with E-state index in [-0.39, 0.29) is 11.8 Å². The summed E-state index contributed by atoms with van der Waals surface area (Å²) in [5.41, 5.74) is 6.65. The van der Waals surface area contributed by atoms with Gasteiger partial charge in [-0.05, 0) is 19.2 Å². The van der Waals surface area contributed by atoms with E-state index in [0.29, 0.717) is 13.2 Å². The number of nitrogens with zero attached hydrogens (tertiary/aromatic N) is 1. The van der Waals surface area contributed by atoms with Crippen LogP contribution in [-0.4, -0.2) is 36.8 Å². The summed E-state index contributed by atoms with van der Waals surface area (Å²) in [4.78, 5) is 2.17. The number of fused-ring (bicyclic) bond motifs is 1. The Labute approximate surface area is 89.3 Å². The quantitative estimate of drug-likeness (QED) is 0.768. The topological polar surface area (TPSA) is 58.7 Å². The zero-order chi connectivity index (χ0) is 10.8. The molecule has 1 aromatic carbocycles. The van der Waals surface area contributed by atoms with Gasteiger partial charge in [0.25, 0.3) is 0 Å². The molecule has 0 aliphatic carbocycles. The second-order valence-electron chi connectivity index (χ2n) is 3.82. The van der Waals surface area contributed by atoms with Crippen LogP contribution in [0.2, 0.25) is 0 Å². The van der Waals surface area contributed by atoms with Crippen LogP contribution in [0.4, 0.5) is 0 Å². The van der Waals surface area contributed by atoms with Crippen LogP contribution < -0.4 is 10.5 Å².